The van der Waals surface area contributed by atoms with Gasteiger partial charge in [-0.1, -0.05) is 88.1 Å². The fourth-order valence-corrected chi connectivity index (χ4v) is 2.88. The Kier molecular flexibility index (Phi) is 10.3. The highest BCUT2D eigenvalue weighted by Gasteiger charge is 1.97. The van der Waals surface area contributed by atoms with E-state index >= 15 is 0 Å². The van der Waals surface area contributed by atoms with Crippen LogP contribution < -0.4 is 0 Å². The van der Waals surface area contributed by atoms with Gasteiger partial charge in [0.15, 0.2) is 0 Å². The van der Waals surface area contributed by atoms with Gasteiger partial charge in [0.1, 0.15) is 0 Å². The molecule has 2 rings (SSSR count). The van der Waals surface area contributed by atoms with Crippen LogP contribution in [-0.4, -0.2) is 0 Å². The van der Waals surface area contributed by atoms with Crippen LogP contribution in [0.2, 0.25) is 0 Å². The molecule has 0 saturated heterocycles. The first-order valence-corrected chi connectivity index (χ1v) is 9.87. The summed E-state index contributed by atoms with van der Waals surface area (Å²) in [5.74, 6) is 0. The summed E-state index contributed by atoms with van der Waals surface area (Å²) in [6.45, 7) is 14.4. The van der Waals surface area contributed by atoms with E-state index in [1.54, 1.807) is 11.3 Å². The van der Waals surface area contributed by atoms with Crippen LogP contribution in [0.15, 0.2) is 84.3 Å². The van der Waals surface area contributed by atoms with E-state index < -0.39 is 0 Å². The Balaban J connectivity index is 0.00000151. The van der Waals surface area contributed by atoms with Gasteiger partial charge in [-0.15, -0.1) is 11.3 Å². The van der Waals surface area contributed by atoms with Crippen LogP contribution in [0.25, 0.3) is 6.08 Å². The number of hydrogen-bond acceptors (Lipinski definition) is 1. The van der Waals surface area contributed by atoms with Gasteiger partial charge in [-0.2, -0.15) is 0 Å². The first-order valence-electron chi connectivity index (χ1n) is 8.99. The normalized spacial score (nSPS) is 10.7. The van der Waals surface area contributed by atoms with Crippen LogP contribution in [0.5, 0.6) is 0 Å². The molecule has 1 heteroatoms. The lowest BCUT2D eigenvalue weighted by atomic mass is 10.0. The predicted octanol–water partition coefficient (Wildman–Crippen LogP) is 7.65. The maximum atomic E-state index is 4.18. The zero-order valence-corrected chi connectivity index (χ0v) is 16.6. The van der Waals surface area contributed by atoms with Crippen LogP contribution in [-0.2, 0) is 12.8 Å². The molecule has 0 bridgehead atoms. The van der Waals surface area contributed by atoms with Crippen molar-refractivity contribution in [3.05, 3.63) is 100 Å². The highest BCUT2D eigenvalue weighted by molar-refractivity contribution is 7.10. The van der Waals surface area contributed by atoms with E-state index in [4.69, 9.17) is 0 Å². The maximum absolute atomic E-state index is 4.18. The molecule has 0 unspecified atom stereocenters. The lowest BCUT2D eigenvalue weighted by Gasteiger charge is -2.04. The van der Waals surface area contributed by atoms with Gasteiger partial charge in [-0.05, 0) is 53.5 Å². The van der Waals surface area contributed by atoms with Crippen molar-refractivity contribution in [3.63, 3.8) is 0 Å². The largest absolute Gasteiger partial charge is 0.144 e. The predicted molar refractivity (Wildman–Crippen MR) is 116 cm³/mol. The summed E-state index contributed by atoms with van der Waals surface area (Å²) < 4.78 is 0. The summed E-state index contributed by atoms with van der Waals surface area (Å²) in [7, 11) is 0. The number of hydrogen-bond donors (Lipinski definition) is 0. The molecule has 0 nitrogen and oxygen atoms in total. The second kappa shape index (κ2) is 12.3. The van der Waals surface area contributed by atoms with Crippen molar-refractivity contribution < 1.29 is 0 Å². The Morgan fingerprint density at radius 3 is 2.28 bits per heavy atom. The highest BCUT2D eigenvalue weighted by Crippen LogP contribution is 2.14. The molecule has 1 aromatic heterocycles. The molecule has 2 aromatic rings. The quantitative estimate of drug-likeness (QED) is 0.339. The van der Waals surface area contributed by atoms with Crippen molar-refractivity contribution in [2.45, 2.75) is 40.0 Å². The SMILES string of the molecule is C=C(/C=C\CC(=C)Cc1ccc(CC)cc1)/C=C/c1cccs1.CC. The second-order valence-corrected chi connectivity index (χ2v) is 6.61. The zero-order chi connectivity index (χ0) is 18.5. The third-order valence-corrected chi connectivity index (χ3v) is 4.47. The topological polar surface area (TPSA) is 0 Å². The number of aryl methyl sites for hydroxylation is 1. The maximum Gasteiger partial charge on any atom is 0.0270 e. The minimum absolute atomic E-state index is 0.890. The Morgan fingerprint density at radius 2 is 1.68 bits per heavy atom. The smallest absolute Gasteiger partial charge is 0.0270 e. The van der Waals surface area contributed by atoms with Crippen molar-refractivity contribution in [1.82, 2.24) is 0 Å². The average Bonchev–Trinajstić information content (AvgIpc) is 3.16. The number of thiophene rings is 1. The molecule has 0 saturated carbocycles. The van der Waals surface area contributed by atoms with Gasteiger partial charge in [-0.3, -0.25) is 0 Å². The third kappa shape index (κ3) is 8.51. The van der Waals surface area contributed by atoms with Gasteiger partial charge in [0.25, 0.3) is 0 Å². The minimum Gasteiger partial charge on any atom is -0.144 e. The van der Waals surface area contributed by atoms with Gasteiger partial charge in [0.05, 0.1) is 0 Å². The first kappa shape index (κ1) is 20.9. The van der Waals surface area contributed by atoms with E-state index in [1.807, 2.05) is 13.8 Å². The fourth-order valence-electron chi connectivity index (χ4n) is 2.26. The summed E-state index contributed by atoms with van der Waals surface area (Å²) >= 11 is 1.73. The molecule has 1 heterocycles. The lowest BCUT2D eigenvalue weighted by Crippen LogP contribution is -1.89. The zero-order valence-electron chi connectivity index (χ0n) is 15.8. The van der Waals surface area contributed by atoms with Crippen molar-refractivity contribution in [3.8, 4) is 0 Å². The van der Waals surface area contributed by atoms with Crippen LogP contribution >= 0.6 is 11.3 Å². The molecule has 25 heavy (non-hydrogen) atoms. The van der Waals surface area contributed by atoms with E-state index in [0.29, 0.717) is 0 Å². The van der Waals surface area contributed by atoms with E-state index in [2.05, 4.69) is 86.2 Å². The van der Waals surface area contributed by atoms with E-state index in [9.17, 15) is 0 Å². The Morgan fingerprint density at radius 1 is 1.00 bits per heavy atom. The van der Waals surface area contributed by atoms with Crippen LogP contribution in [0.1, 0.15) is 43.2 Å². The van der Waals surface area contributed by atoms with Crippen molar-refractivity contribution in [2.24, 2.45) is 0 Å². The highest BCUT2D eigenvalue weighted by atomic mass is 32.1. The van der Waals surface area contributed by atoms with Gasteiger partial charge in [0, 0.05) is 4.88 Å². The van der Waals surface area contributed by atoms with Gasteiger partial charge >= 0.3 is 0 Å². The van der Waals surface area contributed by atoms with Crippen molar-refractivity contribution in [2.75, 3.05) is 0 Å². The molecule has 0 aliphatic carbocycles. The number of allylic oxidation sites excluding steroid dienone is 5. The van der Waals surface area contributed by atoms with Crippen LogP contribution in [0.4, 0.5) is 0 Å². The fraction of sp³-hybridized carbons (Fsp3) is 0.250. The Hall–Kier alpha value is -2.12. The monoisotopic (exact) mass is 350 g/mol. The average molecular weight is 351 g/mol. The summed E-state index contributed by atoms with van der Waals surface area (Å²) in [4.78, 5) is 1.25. The molecule has 0 radical (unpaired) electrons. The van der Waals surface area contributed by atoms with Crippen molar-refractivity contribution in [1.29, 1.82) is 0 Å². The molecule has 0 aliphatic heterocycles. The molecular weight excluding hydrogens is 320 g/mol. The van der Waals surface area contributed by atoms with Gasteiger partial charge in [0.2, 0.25) is 0 Å². The van der Waals surface area contributed by atoms with Crippen molar-refractivity contribution >= 4 is 17.4 Å². The van der Waals surface area contributed by atoms with Gasteiger partial charge < -0.3 is 0 Å². The van der Waals surface area contributed by atoms with E-state index in [0.717, 1.165) is 24.8 Å². The molecule has 0 aliphatic rings. The molecule has 0 N–H and O–H groups in total. The molecular formula is C24H30S. The molecule has 1 aromatic carbocycles. The molecule has 0 fully saturated rings. The standard InChI is InChI=1S/C22H24S.C2H6/c1-4-20-11-13-21(14-12-20)17-19(3)8-5-7-18(2)10-15-22-9-6-16-23-22;1-2/h5-7,9-16H,2-4,8,17H2,1H3;1-2H3/b7-5-,15-10+;. The molecule has 0 amide bonds. The number of rotatable bonds is 8. The minimum atomic E-state index is 0.890. The summed E-state index contributed by atoms with van der Waals surface area (Å²) in [6, 6.07) is 13.0. The molecule has 0 spiro atoms. The van der Waals surface area contributed by atoms with E-state index in [-0.39, 0.29) is 0 Å². The van der Waals surface area contributed by atoms with Crippen LogP contribution in [0, 0.1) is 0 Å². The van der Waals surface area contributed by atoms with Crippen LogP contribution in [0.3, 0.4) is 0 Å². The summed E-state index contributed by atoms with van der Waals surface area (Å²) in [5.41, 5.74) is 4.95. The van der Waals surface area contributed by atoms with E-state index in [1.165, 1.54) is 21.6 Å². The Bertz CT molecular complexity index is 682. The second-order valence-electron chi connectivity index (χ2n) is 5.63. The van der Waals surface area contributed by atoms with Gasteiger partial charge in [-0.25, -0.2) is 0 Å². The first-order chi connectivity index (χ1) is 12.2. The Labute approximate surface area is 157 Å². The molecule has 0 atom stereocenters. The number of benzene rings is 1. The summed E-state index contributed by atoms with van der Waals surface area (Å²) in [6.07, 6.45) is 11.3. The summed E-state index contributed by atoms with van der Waals surface area (Å²) in [5, 5.41) is 2.08. The molecule has 132 valence electrons. The third-order valence-electron chi connectivity index (χ3n) is 3.63. The lowest BCUT2D eigenvalue weighted by molar-refractivity contribution is 1.06.